The van der Waals surface area contributed by atoms with Gasteiger partial charge in [-0.15, -0.1) is 0 Å². The smallest absolute Gasteiger partial charge is 0.371 e. The van der Waals surface area contributed by atoms with E-state index in [0.717, 1.165) is 25.9 Å². The van der Waals surface area contributed by atoms with Crippen molar-refractivity contribution >= 4 is 5.69 Å². The molecule has 2 aliphatic rings. The van der Waals surface area contributed by atoms with Gasteiger partial charge in [-0.1, -0.05) is 13.8 Å². The average Bonchev–Trinajstić information content (AvgIpc) is 2.74. The van der Waals surface area contributed by atoms with Crippen molar-refractivity contribution in [1.82, 2.24) is 4.98 Å². The van der Waals surface area contributed by atoms with Crippen molar-refractivity contribution in [3.05, 3.63) is 24.0 Å². The van der Waals surface area contributed by atoms with E-state index in [-0.39, 0.29) is 0 Å². The Bertz CT molecular complexity index is 543. The van der Waals surface area contributed by atoms with Crippen LogP contribution in [-0.2, 0) is 6.18 Å². The molecule has 0 aromatic carbocycles. The van der Waals surface area contributed by atoms with E-state index in [1.807, 2.05) is 0 Å². The summed E-state index contributed by atoms with van der Waals surface area (Å²) in [6.07, 6.45) is 2.83. The first kappa shape index (κ1) is 15.6. The van der Waals surface area contributed by atoms with Crippen LogP contribution in [0.2, 0.25) is 0 Å². The van der Waals surface area contributed by atoms with Gasteiger partial charge in [0.25, 0.3) is 0 Å². The van der Waals surface area contributed by atoms with E-state index in [0.29, 0.717) is 16.5 Å². The number of hydrogen-bond acceptors (Lipinski definition) is 2. The Morgan fingerprint density at radius 1 is 1.09 bits per heavy atom. The van der Waals surface area contributed by atoms with E-state index in [9.17, 15) is 13.2 Å². The molecule has 3 rings (SSSR count). The van der Waals surface area contributed by atoms with Crippen LogP contribution in [0.4, 0.5) is 18.9 Å². The van der Waals surface area contributed by atoms with Crippen molar-refractivity contribution < 1.29 is 13.2 Å². The van der Waals surface area contributed by atoms with Gasteiger partial charge in [0.15, 0.2) is 0 Å². The molecule has 0 unspecified atom stereocenters. The highest BCUT2D eigenvalue weighted by atomic mass is 19.4. The molecule has 122 valence electrons. The number of nitrogens with zero attached hydrogens (tertiary/aromatic N) is 2. The Morgan fingerprint density at radius 3 is 2.32 bits per heavy atom. The zero-order valence-electron chi connectivity index (χ0n) is 13.2. The summed E-state index contributed by atoms with van der Waals surface area (Å²) in [5, 5.41) is 0. The van der Waals surface area contributed by atoms with Crippen LogP contribution in [0, 0.1) is 10.8 Å². The Labute approximate surface area is 129 Å². The van der Waals surface area contributed by atoms with Crippen LogP contribution in [0.25, 0.3) is 0 Å². The van der Waals surface area contributed by atoms with Crippen LogP contribution in [0.3, 0.4) is 0 Å². The second-order valence-electron chi connectivity index (χ2n) is 7.73. The lowest BCUT2D eigenvalue weighted by molar-refractivity contribution is -0.141. The Balaban J connectivity index is 1.70. The third-order valence-corrected chi connectivity index (χ3v) is 5.41. The number of hydrogen-bond donors (Lipinski definition) is 0. The number of rotatable bonds is 1. The maximum absolute atomic E-state index is 12.8. The lowest BCUT2D eigenvalue weighted by Crippen LogP contribution is -2.39. The molecule has 5 heteroatoms. The highest BCUT2D eigenvalue weighted by molar-refractivity contribution is 5.47. The van der Waals surface area contributed by atoms with E-state index in [2.05, 4.69) is 23.7 Å². The van der Waals surface area contributed by atoms with Crippen molar-refractivity contribution in [2.75, 3.05) is 18.0 Å². The van der Waals surface area contributed by atoms with Gasteiger partial charge in [-0.05, 0) is 55.1 Å². The maximum Gasteiger partial charge on any atom is 0.433 e. The fourth-order valence-electron chi connectivity index (χ4n) is 4.23. The van der Waals surface area contributed by atoms with E-state index in [1.54, 1.807) is 6.07 Å². The second-order valence-corrected chi connectivity index (χ2v) is 7.73. The molecular weight excluding hydrogens is 289 g/mol. The second kappa shape index (κ2) is 5.14. The molecule has 22 heavy (non-hydrogen) atoms. The molecule has 2 heterocycles. The van der Waals surface area contributed by atoms with Crippen LogP contribution in [-0.4, -0.2) is 18.1 Å². The van der Waals surface area contributed by atoms with Crippen LogP contribution < -0.4 is 4.90 Å². The molecule has 0 radical (unpaired) electrons. The molecule has 1 aromatic heterocycles. The van der Waals surface area contributed by atoms with Gasteiger partial charge in [0.05, 0.1) is 0 Å². The molecule has 0 N–H and O–H groups in total. The minimum atomic E-state index is -4.37. The molecule has 1 spiro atoms. The SMILES string of the molecule is CC1(C)CCC2(CCN(c3ccnc(C(F)(F)F)c3)CC2)C1. The van der Waals surface area contributed by atoms with Gasteiger partial charge in [0, 0.05) is 25.0 Å². The molecule has 1 aliphatic carbocycles. The number of anilines is 1. The molecule has 0 amide bonds. The Morgan fingerprint density at radius 2 is 1.77 bits per heavy atom. The number of pyridine rings is 1. The minimum Gasteiger partial charge on any atom is -0.371 e. The van der Waals surface area contributed by atoms with Gasteiger partial charge in [-0.3, -0.25) is 4.98 Å². The summed E-state index contributed by atoms with van der Waals surface area (Å²) >= 11 is 0. The quantitative estimate of drug-likeness (QED) is 0.733. The Kier molecular flexibility index (Phi) is 3.65. The van der Waals surface area contributed by atoms with Crippen LogP contribution in [0.1, 0.15) is 51.6 Å². The molecule has 0 bridgehead atoms. The van der Waals surface area contributed by atoms with Crippen LogP contribution in [0.5, 0.6) is 0 Å². The van der Waals surface area contributed by atoms with E-state index in [4.69, 9.17) is 0 Å². The third-order valence-electron chi connectivity index (χ3n) is 5.41. The summed E-state index contributed by atoms with van der Waals surface area (Å²) in [6.45, 7) is 6.34. The van der Waals surface area contributed by atoms with E-state index in [1.165, 1.54) is 31.5 Å². The number of piperidine rings is 1. The van der Waals surface area contributed by atoms with Gasteiger partial charge >= 0.3 is 6.18 Å². The van der Waals surface area contributed by atoms with Gasteiger partial charge < -0.3 is 4.90 Å². The summed E-state index contributed by atoms with van der Waals surface area (Å²) in [6, 6.07) is 2.86. The largest absolute Gasteiger partial charge is 0.433 e. The zero-order chi connectivity index (χ0) is 16.0. The third kappa shape index (κ3) is 3.08. The predicted octanol–water partition coefficient (Wildman–Crippen LogP) is 4.90. The fraction of sp³-hybridized carbons (Fsp3) is 0.706. The van der Waals surface area contributed by atoms with E-state index >= 15 is 0 Å². The lowest BCUT2D eigenvalue weighted by atomic mass is 9.74. The standard InChI is InChI=1S/C17H23F3N2/c1-15(2)4-5-16(12-15)6-9-22(10-7-16)13-3-8-21-14(11-13)17(18,19)20/h3,8,11H,4-7,9-10,12H2,1-2H3. The summed E-state index contributed by atoms with van der Waals surface area (Å²) < 4.78 is 38.3. The normalized spacial score (nSPS) is 24.0. The first-order valence-electron chi connectivity index (χ1n) is 7.98. The molecule has 1 saturated carbocycles. The lowest BCUT2D eigenvalue weighted by Gasteiger charge is -2.41. The summed E-state index contributed by atoms with van der Waals surface area (Å²) in [7, 11) is 0. The molecule has 1 aliphatic heterocycles. The summed E-state index contributed by atoms with van der Waals surface area (Å²) in [5.41, 5.74) is 0.684. The first-order chi connectivity index (χ1) is 10.2. The van der Waals surface area contributed by atoms with Crippen molar-refractivity contribution in [2.45, 2.75) is 52.1 Å². The Hall–Kier alpha value is -1.26. The van der Waals surface area contributed by atoms with Gasteiger partial charge in [-0.25, -0.2) is 0 Å². The number of alkyl halides is 3. The topological polar surface area (TPSA) is 16.1 Å². The highest BCUT2D eigenvalue weighted by Crippen LogP contribution is 2.54. The first-order valence-corrected chi connectivity index (χ1v) is 7.98. The molecule has 2 fully saturated rings. The maximum atomic E-state index is 12.8. The highest BCUT2D eigenvalue weighted by Gasteiger charge is 2.44. The van der Waals surface area contributed by atoms with Crippen LogP contribution >= 0.6 is 0 Å². The molecule has 0 atom stereocenters. The summed E-state index contributed by atoms with van der Waals surface area (Å²) in [4.78, 5) is 5.52. The predicted molar refractivity (Wildman–Crippen MR) is 80.8 cm³/mol. The van der Waals surface area contributed by atoms with Gasteiger partial charge in [-0.2, -0.15) is 13.2 Å². The van der Waals surface area contributed by atoms with E-state index < -0.39 is 11.9 Å². The zero-order valence-corrected chi connectivity index (χ0v) is 13.2. The van der Waals surface area contributed by atoms with Crippen molar-refractivity contribution in [2.24, 2.45) is 10.8 Å². The molecule has 1 saturated heterocycles. The minimum absolute atomic E-state index is 0.417. The molecule has 1 aromatic rings. The average molecular weight is 312 g/mol. The fourth-order valence-corrected chi connectivity index (χ4v) is 4.23. The number of halogens is 3. The number of aromatic nitrogens is 1. The van der Waals surface area contributed by atoms with Gasteiger partial charge in [0.1, 0.15) is 5.69 Å². The monoisotopic (exact) mass is 312 g/mol. The molecular formula is C17H23F3N2. The molecule has 2 nitrogen and oxygen atoms in total. The van der Waals surface area contributed by atoms with Gasteiger partial charge in [0.2, 0.25) is 0 Å². The van der Waals surface area contributed by atoms with Crippen molar-refractivity contribution in [1.29, 1.82) is 0 Å². The van der Waals surface area contributed by atoms with Crippen LogP contribution in [0.15, 0.2) is 18.3 Å². The van der Waals surface area contributed by atoms with Crippen molar-refractivity contribution in [3.63, 3.8) is 0 Å². The summed E-state index contributed by atoms with van der Waals surface area (Å²) in [5.74, 6) is 0. The van der Waals surface area contributed by atoms with Crippen molar-refractivity contribution in [3.8, 4) is 0 Å².